The van der Waals surface area contributed by atoms with Crippen molar-refractivity contribution < 1.29 is 4.74 Å². The van der Waals surface area contributed by atoms with Crippen molar-refractivity contribution in [3.8, 4) is 0 Å². The summed E-state index contributed by atoms with van der Waals surface area (Å²) in [4.78, 5) is 15.9. The molecule has 0 fully saturated rings. The standard InChI is InChI=1S/C14H24N2O2S.C4H11N/c1-14(2,3)10-11(12(17)13(10)19)15-6-8-18-9-7-16(4)5;1-4-5(2)3/h15H,6-9H2,1-5H3;4H2,1-3H3. The van der Waals surface area contributed by atoms with Gasteiger partial charge in [0.25, 0.3) is 0 Å². The van der Waals surface area contributed by atoms with Crippen molar-refractivity contribution in [3.05, 3.63) is 20.3 Å². The van der Waals surface area contributed by atoms with Crippen molar-refractivity contribution in [2.45, 2.75) is 33.1 Å². The van der Waals surface area contributed by atoms with E-state index >= 15 is 0 Å². The van der Waals surface area contributed by atoms with Gasteiger partial charge in [0.1, 0.15) is 0 Å². The number of likely N-dealkylation sites (N-methyl/N-ethyl adjacent to an activating group) is 1. The van der Waals surface area contributed by atoms with Gasteiger partial charge >= 0.3 is 0 Å². The smallest absolute Gasteiger partial charge is 0.220 e. The van der Waals surface area contributed by atoms with Gasteiger partial charge in [0.05, 0.1) is 23.4 Å². The lowest BCUT2D eigenvalue weighted by Gasteiger charge is -2.25. The highest BCUT2D eigenvalue weighted by Crippen LogP contribution is 2.30. The molecule has 5 nitrogen and oxygen atoms in total. The summed E-state index contributed by atoms with van der Waals surface area (Å²) in [6.07, 6.45) is 0. The van der Waals surface area contributed by atoms with Gasteiger partial charge in [-0.1, -0.05) is 39.9 Å². The van der Waals surface area contributed by atoms with Gasteiger partial charge in [-0.2, -0.15) is 0 Å². The zero-order valence-corrected chi connectivity index (χ0v) is 17.5. The fraction of sp³-hybridized carbons (Fsp3) is 0.778. The molecule has 0 atom stereocenters. The van der Waals surface area contributed by atoms with Crippen LogP contribution in [0, 0.1) is 4.51 Å². The van der Waals surface area contributed by atoms with Crippen LogP contribution in [0.4, 0.5) is 5.69 Å². The predicted molar refractivity (Wildman–Crippen MR) is 107 cm³/mol. The molecule has 140 valence electrons. The Balaban J connectivity index is 0.000000922. The first kappa shape index (κ1) is 23.2. The fourth-order valence-corrected chi connectivity index (χ4v) is 2.38. The van der Waals surface area contributed by atoms with Crippen LogP contribution in [-0.2, 0) is 10.2 Å². The zero-order chi connectivity index (χ0) is 18.9. The molecule has 0 aliphatic carbocycles. The number of anilines is 1. The molecule has 0 aliphatic rings. The van der Waals surface area contributed by atoms with Crippen molar-refractivity contribution >= 4 is 17.9 Å². The lowest BCUT2D eigenvalue weighted by molar-refractivity contribution is 0.126. The highest BCUT2D eigenvalue weighted by Gasteiger charge is 2.27. The third kappa shape index (κ3) is 8.33. The van der Waals surface area contributed by atoms with Gasteiger partial charge in [-0.3, -0.25) is 4.79 Å². The third-order valence-electron chi connectivity index (χ3n) is 3.52. The summed E-state index contributed by atoms with van der Waals surface area (Å²) in [7, 11) is 8.13. The van der Waals surface area contributed by atoms with Gasteiger partial charge in [0.2, 0.25) is 5.43 Å². The number of rotatable bonds is 8. The van der Waals surface area contributed by atoms with Crippen LogP contribution in [0.1, 0.15) is 33.3 Å². The van der Waals surface area contributed by atoms with Crippen LogP contribution in [0.25, 0.3) is 0 Å². The highest BCUT2D eigenvalue weighted by molar-refractivity contribution is 7.71. The van der Waals surface area contributed by atoms with Crippen molar-refractivity contribution in [2.24, 2.45) is 0 Å². The van der Waals surface area contributed by atoms with E-state index in [1.807, 2.05) is 14.1 Å². The molecule has 24 heavy (non-hydrogen) atoms. The molecule has 0 spiro atoms. The third-order valence-corrected chi connectivity index (χ3v) is 3.91. The molecule has 0 bridgehead atoms. The monoisotopic (exact) mass is 357 g/mol. The summed E-state index contributed by atoms with van der Waals surface area (Å²) in [5, 5.41) is 3.15. The second-order valence-electron chi connectivity index (χ2n) is 7.40. The van der Waals surface area contributed by atoms with Crippen LogP contribution < -0.4 is 10.7 Å². The quantitative estimate of drug-likeness (QED) is 0.570. The molecule has 0 radical (unpaired) electrons. The molecule has 1 rings (SSSR count). The average molecular weight is 358 g/mol. The molecule has 1 aromatic rings. The van der Waals surface area contributed by atoms with Crippen molar-refractivity contribution in [1.82, 2.24) is 9.80 Å². The molecule has 0 aromatic heterocycles. The van der Waals surface area contributed by atoms with Crippen LogP contribution in [-0.4, -0.2) is 70.8 Å². The summed E-state index contributed by atoms with van der Waals surface area (Å²) in [5.41, 5.74) is 1.53. The van der Waals surface area contributed by atoms with E-state index in [0.29, 0.717) is 30.0 Å². The van der Waals surface area contributed by atoms with Gasteiger partial charge < -0.3 is 19.9 Å². The topological polar surface area (TPSA) is 44.8 Å². The van der Waals surface area contributed by atoms with E-state index in [1.165, 1.54) is 0 Å². The Labute approximate surface area is 152 Å². The Bertz CT molecular complexity index is 541. The Morgan fingerprint density at radius 3 is 2.04 bits per heavy atom. The number of nitrogens with zero attached hydrogens (tertiary/aromatic N) is 2. The van der Waals surface area contributed by atoms with E-state index in [-0.39, 0.29) is 10.8 Å². The van der Waals surface area contributed by atoms with E-state index < -0.39 is 0 Å². The van der Waals surface area contributed by atoms with E-state index in [9.17, 15) is 4.79 Å². The molecule has 1 N–H and O–H groups in total. The summed E-state index contributed by atoms with van der Waals surface area (Å²) in [6, 6.07) is 0. The molecule has 1 aromatic carbocycles. The largest absolute Gasteiger partial charge is 0.379 e. The Morgan fingerprint density at radius 1 is 1.08 bits per heavy atom. The van der Waals surface area contributed by atoms with E-state index in [4.69, 9.17) is 17.0 Å². The number of nitrogens with one attached hydrogen (secondary N) is 1. The summed E-state index contributed by atoms with van der Waals surface area (Å²) >= 11 is 5.12. The maximum absolute atomic E-state index is 11.7. The van der Waals surface area contributed by atoms with Crippen molar-refractivity contribution in [3.63, 3.8) is 0 Å². The molecule has 0 unspecified atom stereocenters. The molecule has 0 saturated heterocycles. The van der Waals surface area contributed by atoms with Gasteiger partial charge in [-0.05, 0) is 40.2 Å². The number of ether oxygens (including phenoxy) is 1. The molecular formula is C18H35N3O2S. The molecule has 0 saturated carbocycles. The van der Waals surface area contributed by atoms with E-state index in [0.717, 1.165) is 18.7 Å². The second-order valence-corrected chi connectivity index (χ2v) is 7.80. The first-order valence-corrected chi connectivity index (χ1v) is 8.88. The molecule has 0 aliphatic heterocycles. The Hall–Kier alpha value is -0.820. The Morgan fingerprint density at radius 2 is 1.62 bits per heavy atom. The molecule has 0 amide bonds. The van der Waals surface area contributed by atoms with Crippen LogP contribution in [0.3, 0.4) is 0 Å². The summed E-state index contributed by atoms with van der Waals surface area (Å²) in [5.74, 6) is 0. The molecule has 0 heterocycles. The first-order valence-electron chi connectivity index (χ1n) is 8.47. The SMILES string of the molecule is CCN(C)C.CN(C)CCOCCNc1c(C(C)(C)C)c(=S)c1=O. The number of hydrogen-bond acceptors (Lipinski definition) is 6. The van der Waals surface area contributed by atoms with Crippen LogP contribution in [0.15, 0.2) is 4.79 Å². The summed E-state index contributed by atoms with van der Waals surface area (Å²) in [6.45, 7) is 12.3. The average Bonchev–Trinajstić information content (AvgIpc) is 2.47. The lowest BCUT2D eigenvalue weighted by Crippen LogP contribution is -2.30. The molecular weight excluding hydrogens is 322 g/mol. The van der Waals surface area contributed by atoms with Gasteiger partial charge in [-0.25, -0.2) is 0 Å². The van der Waals surface area contributed by atoms with Gasteiger partial charge in [0, 0.05) is 18.7 Å². The molecule has 6 heteroatoms. The Kier molecular flexibility index (Phi) is 10.6. The number of hydrogen-bond donors (Lipinski definition) is 1. The zero-order valence-electron chi connectivity index (χ0n) is 16.7. The summed E-state index contributed by atoms with van der Waals surface area (Å²) < 4.78 is 5.95. The normalized spacial score (nSPS) is 11.8. The minimum absolute atomic E-state index is 0.0341. The second kappa shape index (κ2) is 10.9. The fourth-order valence-electron chi connectivity index (χ4n) is 1.87. The highest BCUT2D eigenvalue weighted by atomic mass is 32.1. The van der Waals surface area contributed by atoms with Crippen LogP contribution >= 0.6 is 12.2 Å². The van der Waals surface area contributed by atoms with Gasteiger partial charge in [0.15, 0.2) is 0 Å². The van der Waals surface area contributed by atoms with E-state index in [2.05, 4.69) is 56.9 Å². The lowest BCUT2D eigenvalue weighted by atomic mass is 9.83. The maximum Gasteiger partial charge on any atom is 0.220 e. The first-order chi connectivity index (χ1) is 11.0. The van der Waals surface area contributed by atoms with Gasteiger partial charge in [-0.15, -0.1) is 0 Å². The van der Waals surface area contributed by atoms with Crippen LogP contribution in [0.5, 0.6) is 0 Å². The van der Waals surface area contributed by atoms with Crippen LogP contribution in [0.2, 0.25) is 0 Å². The van der Waals surface area contributed by atoms with Crippen molar-refractivity contribution in [1.29, 1.82) is 0 Å². The van der Waals surface area contributed by atoms with E-state index in [1.54, 1.807) is 0 Å². The maximum atomic E-state index is 11.7. The minimum Gasteiger partial charge on any atom is -0.379 e. The van der Waals surface area contributed by atoms with Crippen molar-refractivity contribution in [2.75, 3.05) is 66.4 Å². The predicted octanol–water partition coefficient (Wildman–Crippen LogP) is 2.51. The minimum atomic E-state index is -0.0842.